The van der Waals surface area contributed by atoms with Gasteiger partial charge in [0, 0.05) is 30.3 Å². The molecule has 0 aliphatic heterocycles. The molecule has 0 N–H and O–H groups in total. The lowest BCUT2D eigenvalue weighted by molar-refractivity contribution is -0.117. The number of hydrogen-bond donors (Lipinski definition) is 0. The molecule has 5 nitrogen and oxygen atoms in total. The molecule has 0 saturated heterocycles. The summed E-state index contributed by atoms with van der Waals surface area (Å²) >= 11 is 1.47. The van der Waals surface area contributed by atoms with Crippen LogP contribution in [0.1, 0.15) is 26.1 Å². The van der Waals surface area contributed by atoms with Crippen molar-refractivity contribution >= 4 is 27.3 Å². The maximum atomic E-state index is 13.1. The molecule has 2 aromatic heterocycles. The summed E-state index contributed by atoms with van der Waals surface area (Å²) in [7, 11) is 1.62. The molecule has 1 aromatic carbocycles. The topological polar surface area (TPSA) is 61.2 Å². The van der Waals surface area contributed by atoms with Crippen molar-refractivity contribution in [3.05, 3.63) is 45.8 Å². The van der Waals surface area contributed by atoms with Crippen LogP contribution in [0.3, 0.4) is 0 Å². The molecule has 0 spiro atoms. The van der Waals surface area contributed by atoms with Gasteiger partial charge in [0.15, 0.2) is 0 Å². The zero-order valence-electron chi connectivity index (χ0n) is 14.5. The zero-order chi connectivity index (χ0) is 18.0. The van der Waals surface area contributed by atoms with E-state index in [1.165, 1.54) is 18.3 Å². The van der Waals surface area contributed by atoms with E-state index in [2.05, 4.69) is 4.98 Å². The van der Waals surface area contributed by atoms with Crippen LogP contribution >= 0.6 is 11.3 Å². The maximum Gasteiger partial charge on any atom is 0.262 e. The number of Topliss-reactive ketones (excluding diaryl/α,β-unsaturated/α-hetero) is 1. The second kappa shape index (κ2) is 7.19. The van der Waals surface area contributed by atoms with Crippen molar-refractivity contribution in [3.8, 4) is 16.9 Å². The Hall–Kier alpha value is -2.47. The minimum absolute atomic E-state index is 0.0624. The minimum Gasteiger partial charge on any atom is -0.497 e. The number of carbonyl (C=O) groups excluding carboxylic acids is 1. The van der Waals surface area contributed by atoms with Crippen LogP contribution in [0.25, 0.3) is 21.3 Å². The van der Waals surface area contributed by atoms with Crippen LogP contribution in [-0.4, -0.2) is 22.4 Å². The predicted molar refractivity (Wildman–Crippen MR) is 101 cm³/mol. The number of carbonyl (C=O) groups is 1. The van der Waals surface area contributed by atoms with Gasteiger partial charge in [0.1, 0.15) is 22.2 Å². The van der Waals surface area contributed by atoms with Gasteiger partial charge in [-0.25, -0.2) is 4.98 Å². The van der Waals surface area contributed by atoms with Crippen LogP contribution in [-0.2, 0) is 17.8 Å². The first kappa shape index (κ1) is 17.4. The van der Waals surface area contributed by atoms with Gasteiger partial charge in [-0.3, -0.25) is 14.2 Å². The highest BCUT2D eigenvalue weighted by molar-refractivity contribution is 7.17. The fraction of sp³-hybridized carbons (Fsp3) is 0.316. The number of aromatic nitrogens is 2. The summed E-state index contributed by atoms with van der Waals surface area (Å²) in [6.07, 6.45) is 0.980. The summed E-state index contributed by atoms with van der Waals surface area (Å²) in [6, 6.07) is 7.64. The van der Waals surface area contributed by atoms with Crippen molar-refractivity contribution in [2.75, 3.05) is 7.11 Å². The van der Waals surface area contributed by atoms with Crippen molar-refractivity contribution in [1.82, 2.24) is 9.55 Å². The molecular formula is C19H20N2O3S. The van der Waals surface area contributed by atoms with Crippen LogP contribution < -0.4 is 10.3 Å². The number of ketones is 1. The lowest BCUT2D eigenvalue weighted by atomic mass is 10.1. The molecule has 2 heterocycles. The van der Waals surface area contributed by atoms with E-state index < -0.39 is 0 Å². The van der Waals surface area contributed by atoms with Crippen LogP contribution in [0.5, 0.6) is 5.75 Å². The van der Waals surface area contributed by atoms with Gasteiger partial charge < -0.3 is 4.74 Å². The molecule has 0 saturated carbocycles. The Bertz CT molecular complexity index is 988. The Morgan fingerprint density at radius 2 is 2.16 bits per heavy atom. The normalized spacial score (nSPS) is 11.0. The Balaban J connectivity index is 2.20. The molecule has 0 radical (unpaired) electrons. The Kier molecular flexibility index (Phi) is 4.99. The van der Waals surface area contributed by atoms with E-state index in [-0.39, 0.29) is 11.3 Å². The van der Waals surface area contributed by atoms with Gasteiger partial charge in [0.05, 0.1) is 12.5 Å². The smallest absolute Gasteiger partial charge is 0.262 e. The lowest BCUT2D eigenvalue weighted by Crippen LogP contribution is -2.25. The average Bonchev–Trinajstić information content (AvgIpc) is 3.04. The van der Waals surface area contributed by atoms with Crippen molar-refractivity contribution in [3.63, 3.8) is 0 Å². The van der Waals surface area contributed by atoms with Gasteiger partial charge in [0.2, 0.25) is 0 Å². The third-order valence-corrected chi connectivity index (χ3v) is 5.03. The van der Waals surface area contributed by atoms with E-state index in [0.717, 1.165) is 27.5 Å². The third kappa shape index (κ3) is 3.35. The summed E-state index contributed by atoms with van der Waals surface area (Å²) in [4.78, 5) is 29.9. The SMILES string of the molecule is CCc1nc2scc(-c3cccc(OC)c3)c2c(=O)n1CCC(C)=O. The first-order chi connectivity index (χ1) is 12.0. The highest BCUT2D eigenvalue weighted by atomic mass is 32.1. The molecule has 3 aromatic rings. The fourth-order valence-electron chi connectivity index (χ4n) is 2.84. The molecule has 0 aliphatic carbocycles. The number of aryl methyl sites for hydroxylation is 1. The summed E-state index contributed by atoms with van der Waals surface area (Å²) in [5.41, 5.74) is 1.70. The molecule has 6 heteroatoms. The number of benzene rings is 1. The molecule has 25 heavy (non-hydrogen) atoms. The van der Waals surface area contributed by atoms with E-state index in [1.54, 1.807) is 11.7 Å². The highest BCUT2D eigenvalue weighted by Gasteiger charge is 2.17. The Morgan fingerprint density at radius 1 is 1.36 bits per heavy atom. The Labute approximate surface area is 149 Å². The minimum atomic E-state index is -0.0813. The largest absolute Gasteiger partial charge is 0.497 e. The van der Waals surface area contributed by atoms with Crippen molar-refractivity contribution in [1.29, 1.82) is 0 Å². The van der Waals surface area contributed by atoms with Crippen molar-refractivity contribution in [2.24, 2.45) is 0 Å². The molecule has 0 unspecified atom stereocenters. The average molecular weight is 356 g/mol. The summed E-state index contributed by atoms with van der Waals surface area (Å²) < 4.78 is 6.93. The number of ether oxygens (including phenoxy) is 1. The van der Waals surface area contributed by atoms with E-state index in [9.17, 15) is 9.59 Å². The number of rotatable bonds is 6. The van der Waals surface area contributed by atoms with Gasteiger partial charge in [-0.05, 0) is 24.6 Å². The molecule has 0 bridgehead atoms. The Morgan fingerprint density at radius 3 is 2.84 bits per heavy atom. The third-order valence-electron chi connectivity index (χ3n) is 4.16. The van der Waals surface area contributed by atoms with Gasteiger partial charge >= 0.3 is 0 Å². The van der Waals surface area contributed by atoms with Gasteiger partial charge in [-0.2, -0.15) is 0 Å². The van der Waals surface area contributed by atoms with Crippen LogP contribution in [0.4, 0.5) is 0 Å². The summed E-state index contributed by atoms with van der Waals surface area (Å²) in [6.45, 7) is 3.87. The molecule has 0 aliphatic rings. The molecule has 3 rings (SSSR count). The van der Waals surface area contributed by atoms with Crippen LogP contribution in [0.2, 0.25) is 0 Å². The van der Waals surface area contributed by atoms with Crippen molar-refractivity contribution in [2.45, 2.75) is 33.2 Å². The second-order valence-corrected chi connectivity index (χ2v) is 6.71. The first-order valence-electron chi connectivity index (χ1n) is 8.20. The van der Waals surface area contributed by atoms with Gasteiger partial charge in [0.25, 0.3) is 5.56 Å². The molecular weight excluding hydrogens is 336 g/mol. The standard InChI is InChI=1S/C19H20N2O3S/c1-4-16-20-18-17(19(23)21(16)9-8-12(2)22)15(11-25-18)13-6-5-7-14(10-13)24-3/h5-7,10-11H,4,8-9H2,1-3H3. The maximum absolute atomic E-state index is 13.1. The zero-order valence-corrected chi connectivity index (χ0v) is 15.4. The number of hydrogen-bond acceptors (Lipinski definition) is 5. The van der Waals surface area contributed by atoms with Gasteiger partial charge in [-0.1, -0.05) is 19.1 Å². The molecule has 0 atom stereocenters. The molecule has 0 fully saturated rings. The molecule has 0 amide bonds. The van der Waals surface area contributed by atoms with E-state index in [0.29, 0.717) is 24.8 Å². The highest BCUT2D eigenvalue weighted by Crippen LogP contribution is 2.32. The fourth-order valence-corrected chi connectivity index (χ4v) is 3.80. The monoisotopic (exact) mass is 356 g/mol. The van der Waals surface area contributed by atoms with Gasteiger partial charge in [-0.15, -0.1) is 11.3 Å². The van der Waals surface area contributed by atoms with Crippen LogP contribution in [0.15, 0.2) is 34.4 Å². The number of methoxy groups -OCH3 is 1. The van der Waals surface area contributed by atoms with E-state index in [4.69, 9.17) is 4.74 Å². The summed E-state index contributed by atoms with van der Waals surface area (Å²) in [5, 5.41) is 2.57. The molecule has 130 valence electrons. The first-order valence-corrected chi connectivity index (χ1v) is 9.08. The summed E-state index contributed by atoms with van der Waals surface area (Å²) in [5.74, 6) is 1.53. The number of nitrogens with zero attached hydrogens (tertiary/aromatic N) is 2. The van der Waals surface area contributed by atoms with E-state index in [1.807, 2.05) is 36.6 Å². The quantitative estimate of drug-likeness (QED) is 0.676. The van der Waals surface area contributed by atoms with Crippen molar-refractivity contribution < 1.29 is 9.53 Å². The second-order valence-electron chi connectivity index (χ2n) is 5.85. The number of thiophene rings is 1. The predicted octanol–water partition coefficient (Wildman–Crippen LogP) is 3.68. The number of fused-ring (bicyclic) bond motifs is 1. The van der Waals surface area contributed by atoms with E-state index >= 15 is 0 Å². The van der Waals surface area contributed by atoms with Crippen LogP contribution in [0, 0.1) is 0 Å². The lowest BCUT2D eigenvalue weighted by Gasteiger charge is -2.11.